The molecule has 0 aliphatic heterocycles. The van der Waals surface area contributed by atoms with Gasteiger partial charge in [-0.15, -0.1) is 0 Å². The predicted molar refractivity (Wildman–Crippen MR) is 253 cm³/mol. The van der Waals surface area contributed by atoms with E-state index in [0.29, 0.717) is 0 Å². The summed E-state index contributed by atoms with van der Waals surface area (Å²) < 4.78 is 15.5. The van der Waals surface area contributed by atoms with E-state index in [-0.39, 0.29) is 0 Å². The van der Waals surface area contributed by atoms with Crippen LogP contribution in [-0.2, 0) is 0 Å². The Morgan fingerprint density at radius 1 is 0.349 bits per heavy atom. The zero-order valence-electron chi connectivity index (χ0n) is 34.1. The molecule has 0 aliphatic rings. The van der Waals surface area contributed by atoms with Gasteiger partial charge in [-0.1, -0.05) is 182 Å². The van der Waals surface area contributed by atoms with E-state index in [0.717, 1.165) is 100 Å². The number of hydrogen-bond acceptors (Lipinski definition) is 1. The molecule has 0 spiro atoms. The minimum atomic E-state index is 0.718. The van der Waals surface area contributed by atoms with Gasteiger partial charge in [-0.05, 0) is 92.3 Å². The van der Waals surface area contributed by atoms with Crippen molar-refractivity contribution in [3.8, 4) is 56.5 Å². The number of nitrogens with zero attached hydrogens (tertiary/aromatic N) is 4. The molecule has 296 valence electrons. The lowest BCUT2D eigenvalue weighted by Crippen LogP contribution is -2.30. The second-order valence-electron chi connectivity index (χ2n) is 15.7. The standard InChI is InChI=1S/C58H38N4O/c1-3-17-41(18-4-1)49-27-11-13-31-53(49)61-39-59(57-51-29-9-7-21-43(51)33-35-55(57)61)45-23-15-25-47(37-45)63-48-26-16-24-46(38-48)60-40-62(56-36-34-44-22-8-10-30-52(44)58(56)60)54-32-14-12-28-50(54)42-19-5-2-6-20-42/h1-38H. The topological polar surface area (TPSA) is 26.8 Å². The highest BCUT2D eigenvalue weighted by molar-refractivity contribution is 6.05. The largest absolute Gasteiger partial charge is 0.458 e. The number of rotatable bonds is 8. The quantitative estimate of drug-likeness (QED) is 0.111. The van der Waals surface area contributed by atoms with E-state index in [9.17, 15) is 0 Å². The van der Waals surface area contributed by atoms with Crippen LogP contribution in [0.1, 0.15) is 0 Å². The average molecular weight is 807 g/mol. The Balaban J connectivity index is 0.968. The molecular weight excluding hydrogens is 769 g/mol. The minimum Gasteiger partial charge on any atom is -0.458 e. The fourth-order valence-electron chi connectivity index (χ4n) is 9.04. The van der Waals surface area contributed by atoms with Gasteiger partial charge < -0.3 is 4.74 Å². The van der Waals surface area contributed by atoms with Gasteiger partial charge in [0, 0.05) is 0 Å². The maximum atomic E-state index is 6.77. The molecule has 12 rings (SSSR count). The molecule has 0 bridgehead atoms. The van der Waals surface area contributed by atoms with Gasteiger partial charge in [0.15, 0.2) is 0 Å². The SMILES string of the molecule is [c-]1n(-c2cccc(Oc3cccc(-n4[c-][n+](-c5ccccc5-c5ccccc5)c5ccc6ccccc6c54)c3)c2)c2c3ccccc3ccc2[n+]1-c1ccccc1-c1ccccc1. The first-order valence-electron chi connectivity index (χ1n) is 21.2. The molecule has 0 radical (unpaired) electrons. The van der Waals surface area contributed by atoms with E-state index in [1.165, 1.54) is 0 Å². The van der Waals surface area contributed by atoms with Crippen molar-refractivity contribution < 1.29 is 13.9 Å². The van der Waals surface area contributed by atoms with Gasteiger partial charge in [-0.3, -0.25) is 18.3 Å². The third-order valence-electron chi connectivity index (χ3n) is 11.9. The Hall–Kier alpha value is -8.54. The molecule has 0 fully saturated rings. The highest BCUT2D eigenvalue weighted by Crippen LogP contribution is 2.34. The Morgan fingerprint density at radius 2 is 0.762 bits per heavy atom. The van der Waals surface area contributed by atoms with E-state index in [1.807, 2.05) is 24.3 Å². The van der Waals surface area contributed by atoms with Gasteiger partial charge in [0.1, 0.15) is 11.5 Å². The maximum Gasteiger partial charge on any atom is 0.269 e. The summed E-state index contributed by atoms with van der Waals surface area (Å²) in [6.07, 6.45) is 7.55. The molecular formula is C58H38N4O. The first-order chi connectivity index (χ1) is 31.2. The van der Waals surface area contributed by atoms with Crippen LogP contribution in [0.25, 0.3) is 88.6 Å². The molecule has 2 heterocycles. The molecule has 0 aliphatic carbocycles. The molecule has 0 unspecified atom stereocenters. The smallest absolute Gasteiger partial charge is 0.269 e. The van der Waals surface area contributed by atoms with Crippen LogP contribution in [0.5, 0.6) is 11.5 Å². The summed E-state index contributed by atoms with van der Waals surface area (Å²) in [5.74, 6) is 1.44. The summed E-state index contributed by atoms with van der Waals surface area (Å²) in [6.45, 7) is 0. The summed E-state index contributed by atoms with van der Waals surface area (Å²) in [4.78, 5) is 0. The molecule has 5 heteroatoms. The lowest BCUT2D eigenvalue weighted by molar-refractivity contribution is -0.572. The fourth-order valence-corrected chi connectivity index (χ4v) is 9.04. The molecule has 0 N–H and O–H groups in total. The third-order valence-corrected chi connectivity index (χ3v) is 11.9. The number of fused-ring (bicyclic) bond motifs is 6. The lowest BCUT2D eigenvalue weighted by atomic mass is 10.0. The first kappa shape index (κ1) is 36.3. The summed E-state index contributed by atoms with van der Waals surface area (Å²) in [6, 6.07) is 80.6. The van der Waals surface area contributed by atoms with E-state index in [2.05, 4.69) is 237 Å². The summed E-state index contributed by atoms with van der Waals surface area (Å²) >= 11 is 0. The molecule has 0 saturated heterocycles. The number of aromatic nitrogens is 4. The second-order valence-corrected chi connectivity index (χ2v) is 15.7. The van der Waals surface area contributed by atoms with Crippen molar-refractivity contribution in [2.75, 3.05) is 0 Å². The molecule has 10 aromatic carbocycles. The minimum absolute atomic E-state index is 0.718. The molecule has 0 amide bonds. The van der Waals surface area contributed by atoms with Crippen LogP contribution in [0.15, 0.2) is 231 Å². The fraction of sp³-hybridized carbons (Fsp3) is 0. The van der Waals surface area contributed by atoms with Crippen molar-refractivity contribution in [2.45, 2.75) is 0 Å². The molecule has 0 atom stereocenters. The van der Waals surface area contributed by atoms with Crippen molar-refractivity contribution in [2.24, 2.45) is 0 Å². The van der Waals surface area contributed by atoms with E-state index in [1.54, 1.807) is 0 Å². The Kier molecular flexibility index (Phi) is 8.75. The van der Waals surface area contributed by atoms with Crippen molar-refractivity contribution in [3.05, 3.63) is 243 Å². The number of para-hydroxylation sites is 2. The number of ether oxygens (including phenoxy) is 1. The van der Waals surface area contributed by atoms with E-state index >= 15 is 0 Å². The Bertz CT molecular complexity index is 3420. The predicted octanol–water partition coefficient (Wildman–Crippen LogP) is 13.2. The van der Waals surface area contributed by atoms with Crippen molar-refractivity contribution in [1.29, 1.82) is 0 Å². The average Bonchev–Trinajstić information content (AvgIpc) is 3.95. The van der Waals surface area contributed by atoms with Crippen molar-refractivity contribution in [1.82, 2.24) is 9.13 Å². The number of benzene rings is 10. The monoisotopic (exact) mass is 806 g/mol. The summed E-state index contributed by atoms with van der Waals surface area (Å²) in [7, 11) is 0. The van der Waals surface area contributed by atoms with Gasteiger partial charge >= 0.3 is 0 Å². The van der Waals surface area contributed by atoms with Gasteiger partial charge in [-0.2, -0.15) is 0 Å². The second kappa shape index (κ2) is 15.2. The van der Waals surface area contributed by atoms with E-state index in [4.69, 9.17) is 4.74 Å². The van der Waals surface area contributed by atoms with E-state index < -0.39 is 0 Å². The summed E-state index contributed by atoms with van der Waals surface area (Å²) in [5.41, 5.74) is 12.8. The lowest BCUT2D eigenvalue weighted by Gasteiger charge is -2.12. The zero-order chi connectivity index (χ0) is 41.7. The zero-order valence-corrected chi connectivity index (χ0v) is 34.1. The highest BCUT2D eigenvalue weighted by Gasteiger charge is 2.20. The van der Waals surface area contributed by atoms with Crippen LogP contribution in [0.4, 0.5) is 0 Å². The van der Waals surface area contributed by atoms with Gasteiger partial charge in [-0.25, -0.2) is 0 Å². The van der Waals surface area contributed by atoms with Crippen molar-refractivity contribution >= 4 is 43.6 Å². The van der Waals surface area contributed by atoms with Gasteiger partial charge in [0.05, 0.1) is 44.8 Å². The molecule has 0 saturated carbocycles. The maximum absolute atomic E-state index is 6.77. The molecule has 63 heavy (non-hydrogen) atoms. The van der Waals surface area contributed by atoms with Crippen LogP contribution in [0.2, 0.25) is 0 Å². The van der Waals surface area contributed by atoms with Crippen LogP contribution < -0.4 is 13.9 Å². The Labute approximate surface area is 364 Å². The molecule has 2 aromatic heterocycles. The van der Waals surface area contributed by atoms with Crippen LogP contribution >= 0.6 is 0 Å². The Morgan fingerprint density at radius 3 is 1.24 bits per heavy atom. The molecule has 12 aromatic rings. The van der Waals surface area contributed by atoms with Crippen molar-refractivity contribution in [3.63, 3.8) is 0 Å². The number of imidazole rings is 2. The normalized spacial score (nSPS) is 11.5. The van der Waals surface area contributed by atoms with Gasteiger partial charge in [0.2, 0.25) is 0 Å². The third kappa shape index (κ3) is 6.34. The first-order valence-corrected chi connectivity index (χ1v) is 21.2. The highest BCUT2D eigenvalue weighted by atomic mass is 16.5. The van der Waals surface area contributed by atoms with Crippen LogP contribution in [0, 0.1) is 12.7 Å². The van der Waals surface area contributed by atoms with Crippen LogP contribution in [-0.4, -0.2) is 9.13 Å². The summed E-state index contributed by atoms with van der Waals surface area (Å²) in [5, 5.41) is 4.62. The number of hydrogen-bond donors (Lipinski definition) is 0. The van der Waals surface area contributed by atoms with Gasteiger partial charge in [0.25, 0.3) is 12.7 Å². The molecule has 5 nitrogen and oxygen atoms in total. The van der Waals surface area contributed by atoms with Crippen LogP contribution in [0.3, 0.4) is 0 Å².